The van der Waals surface area contributed by atoms with E-state index in [2.05, 4.69) is 42.4 Å². The molecule has 1 heterocycles. The van der Waals surface area contributed by atoms with Crippen LogP contribution in [-0.2, 0) is 11.3 Å². The first-order valence-corrected chi connectivity index (χ1v) is 7.14. The number of hydrogen-bond donors (Lipinski definition) is 1. The highest BCUT2D eigenvalue weighted by atomic mass is 16.1. The van der Waals surface area contributed by atoms with Crippen LogP contribution in [0.1, 0.15) is 30.4 Å². The Balaban J connectivity index is 1.73. The van der Waals surface area contributed by atoms with Crippen LogP contribution in [0.3, 0.4) is 0 Å². The van der Waals surface area contributed by atoms with Crippen LogP contribution in [0.4, 0.5) is 0 Å². The smallest absolute Gasteiger partial charge is 0.220 e. The van der Waals surface area contributed by atoms with Crippen molar-refractivity contribution in [1.29, 1.82) is 0 Å². The summed E-state index contributed by atoms with van der Waals surface area (Å²) in [4.78, 5) is 14.3. The number of rotatable bonds is 4. The van der Waals surface area contributed by atoms with Crippen LogP contribution >= 0.6 is 0 Å². The number of piperidine rings is 1. The Kier molecular flexibility index (Phi) is 4.97. The molecule has 3 heteroatoms. The van der Waals surface area contributed by atoms with E-state index in [1.54, 1.807) is 0 Å². The van der Waals surface area contributed by atoms with Crippen LogP contribution in [-0.4, -0.2) is 30.9 Å². The van der Waals surface area contributed by atoms with Gasteiger partial charge in [-0.2, -0.15) is 0 Å². The molecule has 1 amide bonds. The lowest BCUT2D eigenvalue weighted by Gasteiger charge is -2.28. The van der Waals surface area contributed by atoms with Gasteiger partial charge < -0.3 is 10.2 Å². The van der Waals surface area contributed by atoms with Gasteiger partial charge in [-0.1, -0.05) is 29.8 Å². The first kappa shape index (κ1) is 14.1. The summed E-state index contributed by atoms with van der Waals surface area (Å²) < 4.78 is 0. The van der Waals surface area contributed by atoms with Crippen LogP contribution in [0.5, 0.6) is 0 Å². The number of carbonyl (C=O) groups excluding carboxylic acids is 1. The van der Waals surface area contributed by atoms with Gasteiger partial charge in [0, 0.05) is 13.0 Å². The molecule has 104 valence electrons. The normalized spacial score (nSPS) is 17.4. The van der Waals surface area contributed by atoms with Crippen molar-refractivity contribution < 1.29 is 4.79 Å². The Morgan fingerprint density at radius 2 is 2.11 bits per heavy atom. The van der Waals surface area contributed by atoms with Gasteiger partial charge in [0.15, 0.2) is 0 Å². The van der Waals surface area contributed by atoms with E-state index in [0.717, 1.165) is 25.9 Å². The molecule has 0 atom stereocenters. The molecule has 19 heavy (non-hydrogen) atoms. The van der Waals surface area contributed by atoms with Crippen molar-refractivity contribution in [3.8, 4) is 0 Å². The quantitative estimate of drug-likeness (QED) is 0.901. The van der Waals surface area contributed by atoms with E-state index in [9.17, 15) is 4.79 Å². The molecule has 1 N–H and O–H groups in total. The first-order chi connectivity index (χ1) is 9.13. The molecule has 0 spiro atoms. The lowest BCUT2D eigenvalue weighted by Crippen LogP contribution is -2.33. The molecule has 1 aliphatic rings. The zero-order chi connectivity index (χ0) is 13.7. The van der Waals surface area contributed by atoms with E-state index in [1.165, 1.54) is 11.1 Å². The van der Waals surface area contributed by atoms with Crippen molar-refractivity contribution in [1.82, 2.24) is 10.2 Å². The van der Waals surface area contributed by atoms with Crippen molar-refractivity contribution in [2.24, 2.45) is 5.92 Å². The summed E-state index contributed by atoms with van der Waals surface area (Å²) in [5.74, 6) is 0.754. The van der Waals surface area contributed by atoms with Gasteiger partial charge in [0.2, 0.25) is 5.91 Å². The predicted octanol–water partition coefficient (Wildman–Crippen LogP) is 2.34. The second-order valence-corrected chi connectivity index (χ2v) is 5.72. The van der Waals surface area contributed by atoms with Crippen LogP contribution in [0.2, 0.25) is 0 Å². The van der Waals surface area contributed by atoms with E-state index >= 15 is 0 Å². The van der Waals surface area contributed by atoms with Gasteiger partial charge in [-0.3, -0.25) is 4.79 Å². The average Bonchev–Trinajstić information content (AvgIpc) is 2.39. The number of aryl methyl sites for hydroxylation is 1. The third-order valence-corrected chi connectivity index (χ3v) is 3.88. The molecule has 0 bridgehead atoms. The van der Waals surface area contributed by atoms with E-state index in [1.807, 2.05) is 6.07 Å². The summed E-state index contributed by atoms with van der Waals surface area (Å²) in [5.41, 5.74) is 2.42. The minimum absolute atomic E-state index is 0.191. The van der Waals surface area contributed by atoms with Crippen molar-refractivity contribution >= 4 is 5.91 Å². The maximum Gasteiger partial charge on any atom is 0.220 e. The van der Waals surface area contributed by atoms with Crippen molar-refractivity contribution in [3.05, 3.63) is 35.4 Å². The van der Waals surface area contributed by atoms with Gasteiger partial charge in [0.25, 0.3) is 0 Å². The average molecular weight is 260 g/mol. The maximum absolute atomic E-state index is 11.9. The molecule has 2 rings (SSSR count). The fraction of sp³-hybridized carbons (Fsp3) is 0.562. The van der Waals surface area contributed by atoms with E-state index < -0.39 is 0 Å². The standard InChI is InChI=1S/C16H24N2O/c1-13-4-3-5-15(10-13)12-17-16(19)11-14-6-8-18(2)9-7-14/h3-5,10,14H,6-9,11-12H2,1-2H3,(H,17,19). The van der Waals surface area contributed by atoms with Gasteiger partial charge in [-0.25, -0.2) is 0 Å². The summed E-state index contributed by atoms with van der Waals surface area (Å²) in [6.45, 7) is 4.96. The highest BCUT2D eigenvalue weighted by Crippen LogP contribution is 2.19. The molecule has 1 aliphatic heterocycles. The Hall–Kier alpha value is -1.35. The molecule has 3 nitrogen and oxygen atoms in total. The molecule has 1 aromatic carbocycles. The van der Waals surface area contributed by atoms with Gasteiger partial charge in [-0.05, 0) is 51.4 Å². The second-order valence-electron chi connectivity index (χ2n) is 5.72. The molecule has 0 unspecified atom stereocenters. The van der Waals surface area contributed by atoms with E-state index in [4.69, 9.17) is 0 Å². The second kappa shape index (κ2) is 6.71. The highest BCUT2D eigenvalue weighted by Gasteiger charge is 2.19. The number of amides is 1. The Labute approximate surface area is 116 Å². The Morgan fingerprint density at radius 1 is 1.37 bits per heavy atom. The molecular formula is C16H24N2O. The minimum Gasteiger partial charge on any atom is -0.352 e. The number of hydrogen-bond acceptors (Lipinski definition) is 2. The SMILES string of the molecule is Cc1cccc(CNC(=O)CC2CCN(C)CC2)c1. The number of benzene rings is 1. The molecule has 1 aromatic rings. The molecule has 0 aliphatic carbocycles. The Bertz CT molecular complexity index is 423. The van der Waals surface area contributed by atoms with Crippen LogP contribution in [0.15, 0.2) is 24.3 Å². The third-order valence-electron chi connectivity index (χ3n) is 3.88. The van der Waals surface area contributed by atoms with Gasteiger partial charge in [0.05, 0.1) is 0 Å². The zero-order valence-corrected chi connectivity index (χ0v) is 12.0. The summed E-state index contributed by atoms with van der Waals surface area (Å²) in [6.07, 6.45) is 2.97. The largest absolute Gasteiger partial charge is 0.352 e. The molecule has 1 fully saturated rings. The third kappa shape index (κ3) is 4.67. The van der Waals surface area contributed by atoms with E-state index in [0.29, 0.717) is 18.9 Å². The number of nitrogens with zero attached hydrogens (tertiary/aromatic N) is 1. The fourth-order valence-corrected chi connectivity index (χ4v) is 2.62. The summed E-state index contributed by atoms with van der Waals surface area (Å²) in [6, 6.07) is 8.29. The predicted molar refractivity (Wildman–Crippen MR) is 77.9 cm³/mol. The summed E-state index contributed by atoms with van der Waals surface area (Å²) in [5, 5.41) is 3.03. The lowest BCUT2D eigenvalue weighted by molar-refractivity contribution is -0.122. The van der Waals surface area contributed by atoms with Gasteiger partial charge in [0.1, 0.15) is 0 Å². The van der Waals surface area contributed by atoms with Crippen LogP contribution in [0.25, 0.3) is 0 Å². The highest BCUT2D eigenvalue weighted by molar-refractivity contribution is 5.76. The molecule has 1 saturated heterocycles. The summed E-state index contributed by atoms with van der Waals surface area (Å²) >= 11 is 0. The fourth-order valence-electron chi connectivity index (χ4n) is 2.62. The van der Waals surface area contributed by atoms with E-state index in [-0.39, 0.29) is 5.91 Å². The van der Waals surface area contributed by atoms with Crippen LogP contribution < -0.4 is 5.32 Å². The maximum atomic E-state index is 11.9. The zero-order valence-electron chi connectivity index (χ0n) is 12.0. The minimum atomic E-state index is 0.191. The summed E-state index contributed by atoms with van der Waals surface area (Å²) in [7, 11) is 2.15. The van der Waals surface area contributed by atoms with Crippen molar-refractivity contribution in [2.75, 3.05) is 20.1 Å². The number of nitrogens with one attached hydrogen (secondary N) is 1. The molecule has 0 aromatic heterocycles. The molecular weight excluding hydrogens is 236 g/mol. The van der Waals surface area contributed by atoms with Crippen molar-refractivity contribution in [3.63, 3.8) is 0 Å². The van der Waals surface area contributed by atoms with Gasteiger partial charge >= 0.3 is 0 Å². The molecule has 0 saturated carbocycles. The number of likely N-dealkylation sites (tertiary alicyclic amines) is 1. The van der Waals surface area contributed by atoms with Crippen LogP contribution in [0, 0.1) is 12.8 Å². The number of carbonyl (C=O) groups is 1. The van der Waals surface area contributed by atoms with Gasteiger partial charge in [-0.15, -0.1) is 0 Å². The topological polar surface area (TPSA) is 32.3 Å². The monoisotopic (exact) mass is 260 g/mol. The molecule has 0 radical (unpaired) electrons. The first-order valence-electron chi connectivity index (χ1n) is 7.14. The van der Waals surface area contributed by atoms with Crippen molar-refractivity contribution in [2.45, 2.75) is 32.7 Å². The Morgan fingerprint density at radius 3 is 2.79 bits per heavy atom. The lowest BCUT2D eigenvalue weighted by atomic mass is 9.93.